The average molecular weight is 461 g/mol. The van der Waals surface area contributed by atoms with E-state index >= 15 is 0 Å². The molecule has 0 saturated heterocycles. The molecule has 1 aliphatic carbocycles. The molecule has 180 valence electrons. The Balaban J connectivity index is 1.52. The predicted molar refractivity (Wildman–Crippen MR) is 126 cm³/mol. The van der Waals surface area contributed by atoms with Crippen molar-refractivity contribution < 1.29 is 23.0 Å². The van der Waals surface area contributed by atoms with Crippen molar-refractivity contribution in [2.45, 2.75) is 76.7 Å². The van der Waals surface area contributed by atoms with Gasteiger partial charge in [0.2, 0.25) is 0 Å². The first kappa shape index (κ1) is 25.4. The van der Waals surface area contributed by atoms with Crippen molar-refractivity contribution >= 4 is 0 Å². The number of aliphatic hydroxyl groups excluding tert-OH is 1. The van der Waals surface area contributed by atoms with E-state index in [9.17, 15) is 18.3 Å². The summed E-state index contributed by atoms with van der Waals surface area (Å²) in [5, 5.41) is 10.0. The summed E-state index contributed by atoms with van der Waals surface area (Å²) in [5.41, 5.74) is 1.14. The molecular weight excluding hydrogens is 425 g/mol. The fraction of sp³-hybridized carbons (Fsp3) is 0.500. The quantitative estimate of drug-likeness (QED) is 0.274. The maximum absolute atomic E-state index is 14.6. The molecule has 0 amide bonds. The fourth-order valence-corrected chi connectivity index (χ4v) is 4.79. The Hall–Kier alpha value is -2.27. The van der Waals surface area contributed by atoms with E-state index in [0.717, 1.165) is 44.1 Å². The lowest BCUT2D eigenvalue weighted by molar-refractivity contribution is 0.160. The van der Waals surface area contributed by atoms with Gasteiger partial charge in [-0.25, -0.2) is 13.2 Å². The molecule has 3 rings (SSSR count). The van der Waals surface area contributed by atoms with Gasteiger partial charge < -0.3 is 9.84 Å². The van der Waals surface area contributed by atoms with Crippen LogP contribution in [0.3, 0.4) is 0 Å². The summed E-state index contributed by atoms with van der Waals surface area (Å²) in [6.45, 7) is 6.03. The summed E-state index contributed by atoms with van der Waals surface area (Å²) >= 11 is 0. The van der Waals surface area contributed by atoms with Gasteiger partial charge in [0.1, 0.15) is 11.6 Å². The number of hydrogen-bond acceptors (Lipinski definition) is 2. The third kappa shape index (κ3) is 6.63. The summed E-state index contributed by atoms with van der Waals surface area (Å²) in [6, 6.07) is 8.23. The maximum Gasteiger partial charge on any atom is 0.164 e. The number of ether oxygens (including phenoxy) is 1. The van der Waals surface area contributed by atoms with Crippen molar-refractivity contribution in [2.24, 2.45) is 5.92 Å². The van der Waals surface area contributed by atoms with Gasteiger partial charge in [-0.1, -0.05) is 37.6 Å². The Morgan fingerprint density at radius 1 is 1.09 bits per heavy atom. The molecule has 0 bridgehead atoms. The van der Waals surface area contributed by atoms with Crippen LogP contribution in [0.25, 0.3) is 0 Å². The van der Waals surface area contributed by atoms with Crippen LogP contribution < -0.4 is 4.74 Å². The summed E-state index contributed by atoms with van der Waals surface area (Å²) in [4.78, 5) is 0. The first-order valence-electron chi connectivity index (χ1n) is 12.1. The monoisotopic (exact) mass is 460 g/mol. The third-order valence-electron chi connectivity index (χ3n) is 6.78. The first-order chi connectivity index (χ1) is 15.9. The minimum Gasteiger partial charge on any atom is -0.493 e. The second-order valence-electron chi connectivity index (χ2n) is 9.11. The van der Waals surface area contributed by atoms with Crippen LogP contribution in [-0.2, 0) is 6.42 Å². The van der Waals surface area contributed by atoms with Crippen LogP contribution in [0.2, 0.25) is 0 Å². The molecule has 2 aromatic rings. The summed E-state index contributed by atoms with van der Waals surface area (Å²) in [5.74, 6) is -0.860. The molecule has 1 atom stereocenters. The lowest BCUT2D eigenvalue weighted by atomic mass is 9.76. The Morgan fingerprint density at radius 3 is 2.52 bits per heavy atom. The smallest absolute Gasteiger partial charge is 0.164 e. The van der Waals surface area contributed by atoms with Crippen molar-refractivity contribution in [2.75, 3.05) is 6.61 Å². The fourth-order valence-electron chi connectivity index (χ4n) is 4.79. The lowest BCUT2D eigenvalue weighted by Gasteiger charge is -2.29. The molecule has 1 aliphatic rings. The van der Waals surface area contributed by atoms with Crippen LogP contribution >= 0.6 is 0 Å². The van der Waals surface area contributed by atoms with Crippen molar-refractivity contribution in [3.05, 3.63) is 77.1 Å². The minimum absolute atomic E-state index is 0.0396. The number of aliphatic hydroxyl groups is 1. The van der Waals surface area contributed by atoms with Gasteiger partial charge in [0.05, 0.1) is 12.7 Å². The molecule has 2 aromatic carbocycles. The number of halogens is 3. The standard InChI is InChI=1S/C28H35F3O2/c1-3-5-17-33-22-14-16-23(25(29)18-22)20-10-7-19(8-11-20)9-12-21-13-15-24(26(32)6-4-2)28(31)27(21)30/h3,13-16,18-20,26,32H,1,4-12,17H2,2H3. The SMILES string of the molecule is C=CCCOc1ccc(C2CCC(CCc3ccc(C(O)CCC)c(F)c3F)CC2)c(F)c1. The van der Waals surface area contributed by atoms with Crippen LogP contribution in [-0.4, -0.2) is 11.7 Å². The van der Waals surface area contributed by atoms with Crippen molar-refractivity contribution in [1.82, 2.24) is 0 Å². The highest BCUT2D eigenvalue weighted by molar-refractivity contribution is 5.32. The van der Waals surface area contributed by atoms with E-state index in [-0.39, 0.29) is 17.3 Å². The van der Waals surface area contributed by atoms with E-state index in [4.69, 9.17) is 4.74 Å². The molecule has 2 nitrogen and oxygen atoms in total. The summed E-state index contributed by atoms with van der Waals surface area (Å²) in [7, 11) is 0. The Bertz CT molecular complexity index is 920. The lowest BCUT2D eigenvalue weighted by Crippen LogP contribution is -2.15. The van der Waals surface area contributed by atoms with E-state index in [1.54, 1.807) is 12.1 Å². The summed E-state index contributed by atoms with van der Waals surface area (Å²) in [6.07, 6.45) is 7.52. The van der Waals surface area contributed by atoms with Gasteiger partial charge in [0.15, 0.2) is 11.6 Å². The largest absolute Gasteiger partial charge is 0.493 e. The van der Waals surface area contributed by atoms with Crippen LogP contribution in [0.1, 0.15) is 87.0 Å². The summed E-state index contributed by atoms with van der Waals surface area (Å²) < 4.78 is 49.1. The van der Waals surface area contributed by atoms with Crippen LogP contribution in [0.4, 0.5) is 13.2 Å². The van der Waals surface area contributed by atoms with E-state index in [1.807, 2.05) is 19.1 Å². The number of aryl methyl sites for hydroxylation is 1. The first-order valence-corrected chi connectivity index (χ1v) is 12.1. The second kappa shape index (κ2) is 12.3. The van der Waals surface area contributed by atoms with E-state index < -0.39 is 17.7 Å². The van der Waals surface area contributed by atoms with Crippen LogP contribution in [0.15, 0.2) is 43.0 Å². The van der Waals surface area contributed by atoms with E-state index in [1.165, 1.54) is 12.1 Å². The van der Waals surface area contributed by atoms with Crippen LogP contribution in [0, 0.1) is 23.4 Å². The van der Waals surface area contributed by atoms with Crippen molar-refractivity contribution in [3.8, 4) is 5.75 Å². The topological polar surface area (TPSA) is 29.5 Å². The van der Waals surface area contributed by atoms with Crippen molar-refractivity contribution in [3.63, 3.8) is 0 Å². The molecule has 1 fully saturated rings. The van der Waals surface area contributed by atoms with Gasteiger partial charge in [-0.3, -0.25) is 0 Å². The molecule has 1 saturated carbocycles. The van der Waals surface area contributed by atoms with Gasteiger partial charge >= 0.3 is 0 Å². The third-order valence-corrected chi connectivity index (χ3v) is 6.78. The molecule has 33 heavy (non-hydrogen) atoms. The highest BCUT2D eigenvalue weighted by atomic mass is 19.2. The molecule has 0 aromatic heterocycles. The maximum atomic E-state index is 14.6. The second-order valence-corrected chi connectivity index (χ2v) is 9.11. The van der Waals surface area contributed by atoms with Crippen LogP contribution in [0.5, 0.6) is 5.75 Å². The molecular formula is C28H35F3O2. The Morgan fingerprint density at radius 2 is 1.85 bits per heavy atom. The number of benzene rings is 2. The average Bonchev–Trinajstić information content (AvgIpc) is 2.81. The molecule has 0 heterocycles. The van der Waals surface area contributed by atoms with Gasteiger partial charge in [0, 0.05) is 11.6 Å². The van der Waals surface area contributed by atoms with E-state index in [2.05, 4.69) is 6.58 Å². The van der Waals surface area contributed by atoms with Gasteiger partial charge in [-0.05, 0) is 80.4 Å². The molecule has 0 spiro atoms. The Labute approximate surface area is 195 Å². The molecule has 5 heteroatoms. The highest BCUT2D eigenvalue weighted by Gasteiger charge is 2.25. The van der Waals surface area contributed by atoms with Crippen molar-refractivity contribution in [1.29, 1.82) is 0 Å². The Kier molecular flexibility index (Phi) is 9.42. The zero-order chi connectivity index (χ0) is 23.8. The highest BCUT2D eigenvalue weighted by Crippen LogP contribution is 2.39. The predicted octanol–water partition coefficient (Wildman–Crippen LogP) is 7.80. The van der Waals surface area contributed by atoms with Gasteiger partial charge in [0.25, 0.3) is 0 Å². The molecule has 0 aliphatic heterocycles. The zero-order valence-corrected chi connectivity index (χ0v) is 19.5. The number of rotatable bonds is 11. The van der Waals surface area contributed by atoms with Gasteiger partial charge in [-0.2, -0.15) is 0 Å². The van der Waals surface area contributed by atoms with Gasteiger partial charge in [-0.15, -0.1) is 6.58 Å². The minimum atomic E-state index is -0.970. The van der Waals surface area contributed by atoms with E-state index in [0.29, 0.717) is 43.1 Å². The normalized spacial score (nSPS) is 19.3. The zero-order valence-electron chi connectivity index (χ0n) is 19.5. The molecule has 1 N–H and O–H groups in total. The molecule has 0 radical (unpaired) electrons. The number of hydrogen-bond donors (Lipinski definition) is 1. The molecule has 1 unspecified atom stereocenters.